The molecule has 1 aliphatic rings. The van der Waals surface area contributed by atoms with Gasteiger partial charge >= 0.3 is 0 Å². The predicted octanol–water partition coefficient (Wildman–Crippen LogP) is 6.17. The van der Waals surface area contributed by atoms with Crippen molar-refractivity contribution in [3.8, 4) is 5.75 Å². The van der Waals surface area contributed by atoms with Gasteiger partial charge in [0.25, 0.3) is 17.7 Å². The monoisotopic (exact) mass is 517 g/mol. The van der Waals surface area contributed by atoms with Crippen molar-refractivity contribution in [3.63, 3.8) is 0 Å². The van der Waals surface area contributed by atoms with Crippen LogP contribution in [0.25, 0.3) is 0 Å². The smallest absolute Gasteiger partial charge is 0.283 e. The Hall–Kier alpha value is -4.10. The number of halogens is 1. The van der Waals surface area contributed by atoms with Crippen molar-refractivity contribution >= 4 is 46.4 Å². The summed E-state index contributed by atoms with van der Waals surface area (Å²) in [6.07, 6.45) is 1.92. The number of carbonyl (C=O) groups excluding carboxylic acids is 3. The fourth-order valence-electron chi connectivity index (χ4n) is 3.79. The van der Waals surface area contributed by atoms with Crippen LogP contribution in [0.1, 0.15) is 41.3 Å². The van der Waals surface area contributed by atoms with E-state index in [0.29, 0.717) is 35.0 Å². The summed E-state index contributed by atoms with van der Waals surface area (Å²) in [5.41, 5.74) is 3.57. The minimum absolute atomic E-state index is 0.0393. The molecule has 0 aliphatic carbocycles. The van der Waals surface area contributed by atoms with E-state index in [4.69, 9.17) is 16.3 Å². The van der Waals surface area contributed by atoms with Crippen molar-refractivity contribution in [1.82, 2.24) is 0 Å². The third kappa shape index (κ3) is 5.67. The summed E-state index contributed by atoms with van der Waals surface area (Å²) in [6.45, 7) is 6.39. The van der Waals surface area contributed by atoms with E-state index in [0.717, 1.165) is 28.9 Å². The van der Waals surface area contributed by atoms with Gasteiger partial charge in [-0.2, -0.15) is 0 Å². The van der Waals surface area contributed by atoms with Gasteiger partial charge < -0.3 is 15.4 Å². The number of benzene rings is 3. The van der Waals surface area contributed by atoms with E-state index in [-0.39, 0.29) is 16.6 Å². The van der Waals surface area contributed by atoms with Crippen LogP contribution in [0.2, 0.25) is 0 Å². The molecule has 0 atom stereocenters. The first kappa shape index (κ1) is 26.0. The van der Waals surface area contributed by atoms with E-state index in [2.05, 4.69) is 17.6 Å². The van der Waals surface area contributed by atoms with Crippen molar-refractivity contribution in [1.29, 1.82) is 0 Å². The number of unbranched alkanes of at least 4 members (excludes halogenated alkanes) is 1. The standard InChI is InChI=1S/C29H28ClN3O4/c1-4-5-16-37-24-9-7-6-8-22(24)32-27(34)20-13-12-19(3)23(17-20)31-26-25(30)28(35)33(29(26)36)21-14-10-18(2)11-15-21/h6-15,17,31H,4-5,16H2,1-3H3,(H,32,34). The molecule has 1 heterocycles. The molecule has 3 amide bonds. The molecule has 0 saturated heterocycles. The Bertz CT molecular complexity index is 1380. The number of nitrogens with one attached hydrogen (secondary N) is 2. The van der Waals surface area contributed by atoms with E-state index in [9.17, 15) is 14.4 Å². The van der Waals surface area contributed by atoms with Gasteiger partial charge in [-0.05, 0) is 62.2 Å². The van der Waals surface area contributed by atoms with Crippen LogP contribution in [0.3, 0.4) is 0 Å². The maximum absolute atomic E-state index is 13.1. The van der Waals surface area contributed by atoms with Crippen molar-refractivity contribution in [2.75, 3.05) is 22.1 Å². The van der Waals surface area contributed by atoms with Crippen molar-refractivity contribution in [2.24, 2.45) is 0 Å². The van der Waals surface area contributed by atoms with Crippen molar-refractivity contribution in [3.05, 3.63) is 94.1 Å². The highest BCUT2D eigenvalue weighted by atomic mass is 35.5. The Morgan fingerprint density at radius 3 is 2.41 bits per heavy atom. The van der Waals surface area contributed by atoms with E-state index in [1.54, 1.807) is 36.4 Å². The molecule has 0 spiro atoms. The molecule has 1 aliphatic heterocycles. The predicted molar refractivity (Wildman–Crippen MR) is 146 cm³/mol. The van der Waals surface area contributed by atoms with Gasteiger partial charge in [0.2, 0.25) is 0 Å². The van der Waals surface area contributed by atoms with Crippen LogP contribution in [0.5, 0.6) is 5.75 Å². The maximum Gasteiger partial charge on any atom is 0.283 e. The van der Waals surface area contributed by atoms with Crippen LogP contribution in [-0.4, -0.2) is 24.3 Å². The Balaban J connectivity index is 1.54. The number of carbonyl (C=O) groups is 3. The summed E-state index contributed by atoms with van der Waals surface area (Å²) in [5, 5.41) is 5.67. The second-order valence-electron chi connectivity index (χ2n) is 8.78. The van der Waals surface area contributed by atoms with Crippen LogP contribution >= 0.6 is 11.6 Å². The van der Waals surface area contributed by atoms with E-state index in [1.165, 1.54) is 0 Å². The Kier molecular flexibility index (Phi) is 7.94. The fraction of sp³-hybridized carbons (Fsp3) is 0.207. The molecule has 0 radical (unpaired) electrons. The molecule has 0 fully saturated rings. The van der Waals surface area contributed by atoms with Gasteiger partial charge in [-0.15, -0.1) is 0 Å². The van der Waals surface area contributed by atoms with Crippen molar-refractivity contribution < 1.29 is 19.1 Å². The third-order valence-electron chi connectivity index (χ3n) is 5.97. The quantitative estimate of drug-likeness (QED) is 0.262. The number of hydrogen-bond donors (Lipinski definition) is 2. The Labute approximate surface area is 221 Å². The minimum Gasteiger partial charge on any atom is -0.491 e. The molecule has 4 rings (SSSR count). The lowest BCUT2D eigenvalue weighted by molar-refractivity contribution is -0.120. The molecule has 0 bridgehead atoms. The first-order valence-corrected chi connectivity index (χ1v) is 12.4. The second kappa shape index (κ2) is 11.3. The molecule has 190 valence electrons. The summed E-state index contributed by atoms with van der Waals surface area (Å²) in [4.78, 5) is 40.0. The first-order chi connectivity index (χ1) is 17.8. The van der Waals surface area contributed by atoms with E-state index in [1.807, 2.05) is 44.2 Å². The number of hydrogen-bond acceptors (Lipinski definition) is 5. The number of ether oxygens (including phenoxy) is 1. The van der Waals surface area contributed by atoms with Gasteiger partial charge in [-0.25, -0.2) is 4.90 Å². The van der Waals surface area contributed by atoms with Crippen LogP contribution in [0.4, 0.5) is 17.1 Å². The summed E-state index contributed by atoms with van der Waals surface area (Å²) < 4.78 is 5.81. The summed E-state index contributed by atoms with van der Waals surface area (Å²) in [5.74, 6) is -0.918. The maximum atomic E-state index is 13.1. The zero-order chi connectivity index (χ0) is 26.5. The molecule has 7 nitrogen and oxygen atoms in total. The van der Waals surface area contributed by atoms with Crippen LogP contribution < -0.4 is 20.3 Å². The largest absolute Gasteiger partial charge is 0.491 e. The molecule has 3 aromatic carbocycles. The first-order valence-electron chi connectivity index (χ1n) is 12.1. The van der Waals surface area contributed by atoms with Gasteiger partial charge in [0.1, 0.15) is 16.5 Å². The molecular weight excluding hydrogens is 490 g/mol. The lowest BCUT2D eigenvalue weighted by Gasteiger charge is -2.16. The van der Waals surface area contributed by atoms with Crippen LogP contribution in [0.15, 0.2) is 77.5 Å². The van der Waals surface area contributed by atoms with E-state index < -0.39 is 11.8 Å². The molecule has 0 unspecified atom stereocenters. The molecular formula is C29H28ClN3O4. The van der Waals surface area contributed by atoms with Gasteiger partial charge in [-0.3, -0.25) is 14.4 Å². The normalized spacial score (nSPS) is 13.2. The average Bonchev–Trinajstić information content (AvgIpc) is 3.10. The highest BCUT2D eigenvalue weighted by Crippen LogP contribution is 2.32. The summed E-state index contributed by atoms with van der Waals surface area (Å²) in [6, 6.07) is 19.3. The zero-order valence-corrected chi connectivity index (χ0v) is 21.7. The topological polar surface area (TPSA) is 87.7 Å². The fourth-order valence-corrected chi connectivity index (χ4v) is 4.00. The highest BCUT2D eigenvalue weighted by Gasteiger charge is 2.39. The number of rotatable bonds is 9. The third-order valence-corrected chi connectivity index (χ3v) is 6.32. The summed E-state index contributed by atoms with van der Waals surface area (Å²) in [7, 11) is 0. The Morgan fingerprint density at radius 2 is 1.68 bits per heavy atom. The second-order valence-corrected chi connectivity index (χ2v) is 9.16. The molecule has 0 aromatic heterocycles. The Morgan fingerprint density at radius 1 is 0.946 bits per heavy atom. The molecule has 2 N–H and O–H groups in total. The number of anilines is 3. The SMILES string of the molecule is CCCCOc1ccccc1NC(=O)c1ccc(C)c(NC2=C(Cl)C(=O)N(c3ccc(C)cc3)C2=O)c1. The van der Waals surface area contributed by atoms with Crippen LogP contribution in [-0.2, 0) is 9.59 Å². The summed E-state index contributed by atoms with van der Waals surface area (Å²) >= 11 is 6.29. The van der Waals surface area contributed by atoms with Gasteiger partial charge in [0.05, 0.1) is 18.0 Å². The molecule has 3 aromatic rings. The average molecular weight is 518 g/mol. The number of para-hydroxylation sites is 2. The number of imide groups is 1. The van der Waals surface area contributed by atoms with Gasteiger partial charge in [-0.1, -0.05) is 60.8 Å². The molecule has 8 heteroatoms. The van der Waals surface area contributed by atoms with Crippen LogP contribution in [0, 0.1) is 13.8 Å². The highest BCUT2D eigenvalue weighted by molar-refractivity contribution is 6.53. The van der Waals surface area contributed by atoms with E-state index >= 15 is 0 Å². The zero-order valence-electron chi connectivity index (χ0n) is 20.9. The van der Waals surface area contributed by atoms with Crippen molar-refractivity contribution in [2.45, 2.75) is 33.6 Å². The molecule has 37 heavy (non-hydrogen) atoms. The minimum atomic E-state index is -0.607. The lowest BCUT2D eigenvalue weighted by atomic mass is 10.1. The number of nitrogens with zero attached hydrogens (tertiary/aromatic N) is 1. The lowest BCUT2D eigenvalue weighted by Crippen LogP contribution is -2.32. The van der Waals surface area contributed by atoms with Gasteiger partial charge in [0.15, 0.2) is 0 Å². The molecule has 0 saturated carbocycles. The number of amides is 3. The van der Waals surface area contributed by atoms with Gasteiger partial charge in [0, 0.05) is 11.3 Å². The number of aryl methyl sites for hydroxylation is 2.